The van der Waals surface area contributed by atoms with Crippen molar-refractivity contribution in [2.75, 3.05) is 19.8 Å². The zero-order valence-corrected chi connectivity index (χ0v) is 20.3. The predicted octanol–water partition coefficient (Wildman–Crippen LogP) is 4.97. The van der Waals surface area contributed by atoms with Crippen LogP contribution < -0.4 is 4.74 Å². The minimum absolute atomic E-state index is 0.0698. The number of nitrogens with zero attached hydrogens (tertiary/aromatic N) is 3. The summed E-state index contributed by atoms with van der Waals surface area (Å²) in [6.45, 7) is 9.74. The fraction of sp³-hybridized carbons (Fsp3) is 0.577. The highest BCUT2D eigenvalue weighted by Crippen LogP contribution is 2.23. The van der Waals surface area contributed by atoms with Gasteiger partial charge in [0.1, 0.15) is 18.0 Å². The molecular weight excluding hydrogens is 418 g/mol. The summed E-state index contributed by atoms with van der Waals surface area (Å²) in [4.78, 5) is 22.1. The van der Waals surface area contributed by atoms with E-state index in [4.69, 9.17) is 14.2 Å². The van der Waals surface area contributed by atoms with Gasteiger partial charge >= 0.3 is 6.09 Å². The molecule has 0 N–H and O–H groups in total. The number of carbonyl (C=O) groups is 1. The van der Waals surface area contributed by atoms with E-state index < -0.39 is 5.60 Å². The number of rotatable bonds is 6. The predicted molar refractivity (Wildman–Crippen MR) is 127 cm³/mol. The van der Waals surface area contributed by atoms with Crippen molar-refractivity contribution in [3.8, 4) is 5.75 Å². The number of amides is 1. The highest BCUT2D eigenvalue weighted by atomic mass is 16.6. The first-order valence-corrected chi connectivity index (χ1v) is 11.8. The smallest absolute Gasteiger partial charge is 0.410 e. The van der Waals surface area contributed by atoms with Crippen LogP contribution in [0, 0.1) is 6.92 Å². The second kappa shape index (κ2) is 12.0. The number of aromatic nitrogens is 2. The second-order valence-electron chi connectivity index (χ2n) is 9.66. The average molecular weight is 456 g/mol. The molecule has 2 fully saturated rings. The lowest BCUT2D eigenvalue weighted by Gasteiger charge is -2.40. The third kappa shape index (κ3) is 8.65. The summed E-state index contributed by atoms with van der Waals surface area (Å²) >= 11 is 0. The molecule has 2 aromatic rings. The third-order valence-corrected chi connectivity index (χ3v) is 5.57. The van der Waals surface area contributed by atoms with Crippen molar-refractivity contribution in [2.45, 2.75) is 77.5 Å². The highest BCUT2D eigenvalue weighted by Gasteiger charge is 2.35. The summed E-state index contributed by atoms with van der Waals surface area (Å²) in [7, 11) is 0. The van der Waals surface area contributed by atoms with Crippen LogP contribution in [-0.2, 0) is 15.9 Å². The summed E-state index contributed by atoms with van der Waals surface area (Å²) in [5.74, 6) is 0.755. The van der Waals surface area contributed by atoms with Crippen molar-refractivity contribution in [3.05, 3.63) is 54.1 Å². The van der Waals surface area contributed by atoms with E-state index in [0.717, 1.165) is 50.1 Å². The fourth-order valence-electron chi connectivity index (χ4n) is 3.69. The van der Waals surface area contributed by atoms with Gasteiger partial charge in [-0.1, -0.05) is 6.07 Å². The summed E-state index contributed by atoms with van der Waals surface area (Å²) in [6.07, 6.45) is 12.6. The van der Waals surface area contributed by atoms with Crippen LogP contribution in [0.3, 0.4) is 0 Å². The van der Waals surface area contributed by atoms with E-state index in [1.807, 2.05) is 58.3 Å². The van der Waals surface area contributed by atoms with E-state index in [0.29, 0.717) is 12.7 Å². The van der Waals surface area contributed by atoms with Gasteiger partial charge in [-0.3, -0.25) is 9.97 Å². The average Bonchev–Trinajstić information content (AvgIpc) is 3.25. The molecule has 7 heteroatoms. The van der Waals surface area contributed by atoms with Gasteiger partial charge in [0.05, 0.1) is 18.3 Å². The maximum atomic E-state index is 12.2. The molecule has 4 heterocycles. The van der Waals surface area contributed by atoms with E-state index in [9.17, 15) is 4.79 Å². The molecule has 0 radical (unpaired) electrons. The molecule has 0 bridgehead atoms. The first-order valence-electron chi connectivity index (χ1n) is 11.8. The lowest BCUT2D eigenvalue weighted by atomic mass is 10.1. The van der Waals surface area contributed by atoms with Crippen LogP contribution in [0.25, 0.3) is 0 Å². The summed E-state index contributed by atoms with van der Waals surface area (Å²) in [5.41, 5.74) is 1.90. The van der Waals surface area contributed by atoms with Crippen molar-refractivity contribution >= 4 is 6.09 Å². The molecule has 0 spiro atoms. The number of pyridine rings is 2. The number of hydrogen-bond acceptors (Lipinski definition) is 6. The van der Waals surface area contributed by atoms with Crippen LogP contribution in [0.4, 0.5) is 4.79 Å². The Labute approximate surface area is 197 Å². The van der Waals surface area contributed by atoms with Crippen molar-refractivity contribution in [3.63, 3.8) is 0 Å². The molecule has 33 heavy (non-hydrogen) atoms. The Morgan fingerprint density at radius 3 is 2.64 bits per heavy atom. The van der Waals surface area contributed by atoms with Crippen molar-refractivity contribution in [1.29, 1.82) is 0 Å². The van der Waals surface area contributed by atoms with Crippen LogP contribution in [0.15, 0.2) is 43.0 Å². The van der Waals surface area contributed by atoms with Gasteiger partial charge in [-0.2, -0.15) is 0 Å². The first-order chi connectivity index (χ1) is 15.8. The number of ether oxygens (including phenoxy) is 3. The zero-order valence-electron chi connectivity index (χ0n) is 20.3. The quantitative estimate of drug-likeness (QED) is 0.612. The molecule has 0 aliphatic carbocycles. The van der Waals surface area contributed by atoms with Crippen LogP contribution in [-0.4, -0.2) is 58.5 Å². The number of likely N-dealkylation sites (tertiary alicyclic amines) is 1. The molecule has 4 rings (SSSR count). The topological polar surface area (TPSA) is 73.8 Å². The van der Waals surface area contributed by atoms with Gasteiger partial charge in [0.25, 0.3) is 0 Å². The molecule has 2 unspecified atom stereocenters. The second-order valence-corrected chi connectivity index (χ2v) is 9.66. The van der Waals surface area contributed by atoms with Gasteiger partial charge in [-0.05, 0) is 83.1 Å². The van der Waals surface area contributed by atoms with Crippen LogP contribution in [0.1, 0.15) is 57.6 Å². The summed E-state index contributed by atoms with van der Waals surface area (Å²) in [5, 5.41) is 0. The van der Waals surface area contributed by atoms with E-state index in [1.54, 1.807) is 17.3 Å². The normalized spacial score (nSPS) is 19.8. The minimum atomic E-state index is -0.473. The van der Waals surface area contributed by atoms with Crippen LogP contribution >= 0.6 is 0 Å². The lowest BCUT2D eigenvalue weighted by molar-refractivity contribution is -0.0141. The zero-order chi connectivity index (χ0) is 23.7. The van der Waals surface area contributed by atoms with Crippen molar-refractivity contribution in [2.24, 2.45) is 0 Å². The molecule has 1 amide bonds. The van der Waals surface area contributed by atoms with Gasteiger partial charge < -0.3 is 19.1 Å². The van der Waals surface area contributed by atoms with Gasteiger partial charge in [0.15, 0.2) is 0 Å². The van der Waals surface area contributed by atoms with E-state index in [1.165, 1.54) is 12.0 Å². The van der Waals surface area contributed by atoms with E-state index in [2.05, 4.69) is 9.97 Å². The largest absolute Gasteiger partial charge is 0.490 e. The Morgan fingerprint density at radius 1 is 1.21 bits per heavy atom. The first kappa shape index (κ1) is 25.0. The summed E-state index contributed by atoms with van der Waals surface area (Å²) < 4.78 is 17.0. The van der Waals surface area contributed by atoms with Gasteiger partial charge in [0.2, 0.25) is 0 Å². The molecule has 2 aromatic heterocycles. The van der Waals surface area contributed by atoms with E-state index in [-0.39, 0.29) is 12.1 Å². The monoisotopic (exact) mass is 455 g/mol. The third-order valence-electron chi connectivity index (χ3n) is 5.57. The Balaban J connectivity index is 0.000000374. The molecule has 180 valence electrons. The van der Waals surface area contributed by atoms with E-state index >= 15 is 0 Å². The molecule has 2 saturated heterocycles. The Kier molecular flexibility index (Phi) is 9.06. The minimum Gasteiger partial charge on any atom is -0.490 e. The molecule has 7 nitrogen and oxygen atoms in total. The Morgan fingerprint density at radius 2 is 2.06 bits per heavy atom. The Hall–Kier alpha value is -2.67. The van der Waals surface area contributed by atoms with Gasteiger partial charge in [-0.25, -0.2) is 4.79 Å². The molecule has 2 aliphatic rings. The van der Waals surface area contributed by atoms with Crippen LogP contribution in [0.2, 0.25) is 0 Å². The molecular formula is C26H37N3O4. The molecule has 2 atom stereocenters. The lowest BCUT2D eigenvalue weighted by Crippen LogP contribution is -2.55. The van der Waals surface area contributed by atoms with Gasteiger partial charge in [0, 0.05) is 31.7 Å². The highest BCUT2D eigenvalue weighted by molar-refractivity contribution is 5.69. The number of aryl methyl sites for hydroxylation is 2. The summed E-state index contributed by atoms with van der Waals surface area (Å²) in [6, 6.07) is 6.06. The molecule has 0 saturated carbocycles. The van der Waals surface area contributed by atoms with Crippen molar-refractivity contribution < 1.29 is 19.0 Å². The fourth-order valence-corrected chi connectivity index (χ4v) is 3.69. The van der Waals surface area contributed by atoms with Gasteiger partial charge in [-0.15, -0.1) is 0 Å². The maximum Gasteiger partial charge on any atom is 0.410 e. The van der Waals surface area contributed by atoms with Crippen LogP contribution in [0.5, 0.6) is 5.75 Å². The Bertz CT molecular complexity index is 863. The SMILES string of the molecule is CC(C)(C)OC(=O)N1CCC1COc1cncc(CCC2CCCO2)c1.Cc1cccnc1. The molecule has 2 aliphatic heterocycles. The maximum absolute atomic E-state index is 12.2. The van der Waals surface area contributed by atoms with Crippen molar-refractivity contribution in [1.82, 2.24) is 14.9 Å². The standard InChI is InChI=1S/C20H30N2O4.C6H7N/c1-20(2,3)26-19(23)22-9-8-16(22)14-25-18-11-15(12-21-13-18)6-7-17-5-4-10-24-17;1-6-3-2-4-7-5-6/h11-13,16-17H,4-10,14H2,1-3H3;2-5H,1H3. The number of hydrogen-bond donors (Lipinski definition) is 0. The number of carbonyl (C=O) groups excluding carboxylic acids is 1. The molecule has 0 aromatic carbocycles.